The Hall–Kier alpha value is -5.07. The van der Waals surface area contributed by atoms with Crippen molar-refractivity contribution in [3.63, 3.8) is 0 Å². The van der Waals surface area contributed by atoms with Gasteiger partial charge >= 0.3 is 29.8 Å². The zero-order valence-corrected chi connectivity index (χ0v) is 31.6. The number of carbonyl (C=O) groups excluding carboxylic acids is 5. The normalized spacial score (nSPS) is 30.8. The van der Waals surface area contributed by atoms with Gasteiger partial charge < -0.3 is 33.9 Å². The number of rotatable bonds is 9. The second-order valence-electron chi connectivity index (χ2n) is 15.0. The minimum Gasteiger partial charge on any atom is -0.462 e. The Morgan fingerprint density at radius 2 is 1.39 bits per heavy atom. The highest BCUT2D eigenvalue weighted by Gasteiger charge is 2.74. The summed E-state index contributed by atoms with van der Waals surface area (Å²) >= 11 is 0. The average molecular weight is 745 g/mol. The van der Waals surface area contributed by atoms with Gasteiger partial charge in [-0.3, -0.25) is 14.4 Å². The monoisotopic (exact) mass is 744 g/mol. The van der Waals surface area contributed by atoms with Gasteiger partial charge in [0, 0.05) is 45.6 Å². The standard InChI is InChI=1S/C42H48O12/c1-23-30(46)21-32(50-25(3)43)41(8)35(23)37(51-26(4)44)42(40(6,7)49)22-31(53-33(47)20-19-28-15-11-9-12-16-28)24(2)34(42)36(38(41)52-27(5)45)54-39(48)29-17-13-10-14-18-29/h9-20,30-32,35-38,46,49H,1,21-22H2,2-8H3/b20-19+/t30-,31?,32-,35-,36+,37-,38-,41+,42-/m0/s1. The third kappa shape index (κ3) is 7.37. The molecule has 54 heavy (non-hydrogen) atoms. The van der Waals surface area contributed by atoms with Gasteiger partial charge in [-0.2, -0.15) is 0 Å². The van der Waals surface area contributed by atoms with E-state index in [4.69, 9.17) is 23.7 Å². The third-order valence-corrected chi connectivity index (χ3v) is 11.2. The molecule has 0 saturated heterocycles. The molecule has 0 amide bonds. The zero-order chi connectivity index (χ0) is 39.7. The van der Waals surface area contributed by atoms with E-state index in [0.717, 1.165) is 5.56 Å². The van der Waals surface area contributed by atoms with Crippen molar-refractivity contribution in [3.05, 3.63) is 101 Å². The summed E-state index contributed by atoms with van der Waals surface area (Å²) in [5.41, 5.74) is -3.68. The molecule has 2 saturated carbocycles. The summed E-state index contributed by atoms with van der Waals surface area (Å²) in [5.74, 6) is -5.02. The van der Waals surface area contributed by atoms with Crippen molar-refractivity contribution >= 4 is 35.9 Å². The molecule has 0 radical (unpaired) electrons. The Kier molecular flexibility index (Phi) is 11.4. The smallest absolute Gasteiger partial charge is 0.338 e. The fourth-order valence-corrected chi connectivity index (χ4v) is 8.82. The summed E-state index contributed by atoms with van der Waals surface area (Å²) in [4.78, 5) is 66.6. The van der Waals surface area contributed by atoms with Crippen LogP contribution in [0.1, 0.15) is 77.2 Å². The molecule has 5 rings (SSSR count). The van der Waals surface area contributed by atoms with Crippen molar-refractivity contribution in [3.8, 4) is 0 Å². The predicted molar refractivity (Wildman–Crippen MR) is 195 cm³/mol. The molecule has 2 N–H and O–H groups in total. The maximum Gasteiger partial charge on any atom is 0.338 e. The molecule has 2 fully saturated rings. The molecule has 0 spiro atoms. The van der Waals surface area contributed by atoms with Crippen LogP contribution in [0, 0.1) is 16.7 Å². The first-order valence-corrected chi connectivity index (χ1v) is 17.8. The molecule has 0 aromatic heterocycles. The quantitative estimate of drug-likeness (QED) is 0.152. The Balaban J connectivity index is 1.83. The number of carbonyl (C=O) groups is 5. The van der Waals surface area contributed by atoms with Gasteiger partial charge in [0.25, 0.3) is 0 Å². The molecule has 0 heterocycles. The molecule has 0 bridgehead atoms. The van der Waals surface area contributed by atoms with Crippen LogP contribution in [-0.4, -0.2) is 82.3 Å². The highest BCUT2D eigenvalue weighted by Crippen LogP contribution is 2.66. The van der Waals surface area contributed by atoms with Crippen molar-refractivity contribution in [1.29, 1.82) is 0 Å². The van der Waals surface area contributed by atoms with E-state index in [9.17, 15) is 34.2 Å². The van der Waals surface area contributed by atoms with E-state index < -0.39 is 88.8 Å². The number of benzene rings is 2. The van der Waals surface area contributed by atoms with E-state index in [0.29, 0.717) is 5.57 Å². The fourth-order valence-electron chi connectivity index (χ4n) is 8.82. The van der Waals surface area contributed by atoms with Gasteiger partial charge in [-0.15, -0.1) is 0 Å². The van der Waals surface area contributed by atoms with Crippen LogP contribution in [0.15, 0.2) is 90.0 Å². The van der Waals surface area contributed by atoms with Crippen LogP contribution in [-0.2, 0) is 42.9 Å². The van der Waals surface area contributed by atoms with E-state index in [2.05, 4.69) is 6.58 Å². The largest absolute Gasteiger partial charge is 0.462 e. The van der Waals surface area contributed by atoms with Crippen LogP contribution in [0.25, 0.3) is 6.08 Å². The first-order chi connectivity index (χ1) is 25.3. The number of hydrogen-bond donors (Lipinski definition) is 2. The van der Waals surface area contributed by atoms with E-state index in [1.54, 1.807) is 38.1 Å². The van der Waals surface area contributed by atoms with Crippen LogP contribution >= 0.6 is 0 Å². The minimum absolute atomic E-state index is 0.145. The number of hydrogen-bond acceptors (Lipinski definition) is 12. The molecule has 9 atom stereocenters. The first-order valence-electron chi connectivity index (χ1n) is 17.8. The van der Waals surface area contributed by atoms with Gasteiger partial charge in [0.1, 0.15) is 18.3 Å². The molecule has 288 valence electrons. The number of ether oxygens (including phenoxy) is 5. The van der Waals surface area contributed by atoms with Gasteiger partial charge in [-0.25, -0.2) is 9.59 Å². The molecule has 2 aromatic rings. The molecule has 0 aliphatic heterocycles. The van der Waals surface area contributed by atoms with Crippen molar-refractivity contribution in [2.75, 3.05) is 0 Å². The second kappa shape index (κ2) is 15.3. The Morgan fingerprint density at radius 1 is 0.833 bits per heavy atom. The summed E-state index contributed by atoms with van der Waals surface area (Å²) in [6, 6.07) is 17.2. The number of esters is 5. The summed E-state index contributed by atoms with van der Waals surface area (Å²) in [5, 5.41) is 24.0. The number of aliphatic hydroxyl groups is 2. The maximum atomic E-state index is 14.1. The van der Waals surface area contributed by atoms with Crippen LogP contribution in [0.5, 0.6) is 0 Å². The van der Waals surface area contributed by atoms with Crippen LogP contribution in [0.2, 0.25) is 0 Å². The Labute approximate surface area is 314 Å². The predicted octanol–water partition coefficient (Wildman–Crippen LogP) is 5.07. The molecule has 2 aromatic carbocycles. The van der Waals surface area contributed by atoms with Gasteiger partial charge in [0.2, 0.25) is 0 Å². The maximum absolute atomic E-state index is 14.1. The molecular weight excluding hydrogens is 696 g/mol. The van der Waals surface area contributed by atoms with E-state index >= 15 is 0 Å². The highest BCUT2D eigenvalue weighted by atomic mass is 16.6. The Bertz CT molecular complexity index is 1860. The van der Waals surface area contributed by atoms with Crippen molar-refractivity contribution < 1.29 is 57.9 Å². The van der Waals surface area contributed by atoms with Crippen molar-refractivity contribution in [2.45, 2.75) is 104 Å². The second-order valence-corrected chi connectivity index (χ2v) is 15.0. The van der Waals surface area contributed by atoms with Gasteiger partial charge in [-0.1, -0.05) is 62.0 Å². The van der Waals surface area contributed by atoms with Gasteiger partial charge in [-0.05, 0) is 61.3 Å². The first kappa shape index (κ1) is 40.1. The minimum atomic E-state index is -1.87. The summed E-state index contributed by atoms with van der Waals surface area (Å²) in [6.45, 7) is 14.0. The topological polar surface area (TPSA) is 172 Å². The number of aliphatic hydroxyl groups excluding tert-OH is 1. The summed E-state index contributed by atoms with van der Waals surface area (Å²) in [6.07, 6.45) is -5.62. The SMILES string of the molecule is C=C1[C@@H](O)C[C@H](OC(C)=O)[C@@]2(C)[C@@H](OC(C)=O)[C@H](OC(=O)c3ccccc3)C3=C(C)C(OC(=O)/C=C/c4ccccc4)C[C@@]3(C(C)(C)O)[C@@H](OC(C)=O)[C@H]12. The number of fused-ring (bicyclic) bond motifs is 2. The summed E-state index contributed by atoms with van der Waals surface area (Å²) < 4.78 is 30.7. The lowest BCUT2D eigenvalue weighted by atomic mass is 9.54. The Morgan fingerprint density at radius 3 is 1.94 bits per heavy atom. The molecule has 12 nitrogen and oxygen atoms in total. The lowest BCUT2D eigenvalue weighted by molar-refractivity contribution is -0.214. The lowest BCUT2D eigenvalue weighted by Crippen LogP contribution is -2.64. The molecule has 3 aliphatic rings. The van der Waals surface area contributed by atoms with Gasteiger partial charge in [0.15, 0.2) is 12.2 Å². The third-order valence-electron chi connectivity index (χ3n) is 11.2. The van der Waals surface area contributed by atoms with E-state index in [1.165, 1.54) is 52.8 Å². The van der Waals surface area contributed by atoms with Crippen LogP contribution in [0.4, 0.5) is 0 Å². The zero-order valence-electron chi connectivity index (χ0n) is 31.6. The van der Waals surface area contributed by atoms with Crippen LogP contribution < -0.4 is 0 Å². The molecule has 12 heteroatoms. The molecular formula is C42H48O12. The molecule has 3 aliphatic carbocycles. The van der Waals surface area contributed by atoms with E-state index in [-0.39, 0.29) is 29.6 Å². The highest BCUT2D eigenvalue weighted by molar-refractivity contribution is 5.90. The van der Waals surface area contributed by atoms with Gasteiger partial charge in [0.05, 0.1) is 28.1 Å². The van der Waals surface area contributed by atoms with Crippen molar-refractivity contribution in [2.24, 2.45) is 16.7 Å². The fraction of sp³-hybridized carbons (Fsp3) is 0.452. The summed E-state index contributed by atoms with van der Waals surface area (Å²) in [7, 11) is 0. The van der Waals surface area contributed by atoms with Crippen LogP contribution in [0.3, 0.4) is 0 Å². The molecule has 1 unspecified atom stereocenters. The average Bonchev–Trinajstić information content (AvgIpc) is 3.36. The van der Waals surface area contributed by atoms with Crippen molar-refractivity contribution in [1.82, 2.24) is 0 Å². The van der Waals surface area contributed by atoms with E-state index in [1.807, 2.05) is 30.3 Å². The lowest BCUT2D eigenvalue weighted by Gasteiger charge is -2.55.